The first-order chi connectivity index (χ1) is 7.08. The Balaban J connectivity index is 2.09. The fraction of sp³-hybridized carbons (Fsp3) is 0.615. The van der Waals surface area contributed by atoms with E-state index in [1.165, 1.54) is 19.3 Å². The van der Waals surface area contributed by atoms with Crippen LogP contribution in [0.4, 0.5) is 0 Å². The Morgan fingerprint density at radius 1 is 1.47 bits per heavy atom. The van der Waals surface area contributed by atoms with Gasteiger partial charge in [0, 0.05) is 17.5 Å². The molecule has 1 aromatic heterocycles. The smallest absolute Gasteiger partial charge is 0.0886 e. The average Bonchev–Trinajstić information content (AvgIpc) is 2.13. The summed E-state index contributed by atoms with van der Waals surface area (Å²) in [5, 5.41) is 10.4. The summed E-state index contributed by atoms with van der Waals surface area (Å²) in [6, 6.07) is 3.95. The maximum Gasteiger partial charge on any atom is 0.0886 e. The van der Waals surface area contributed by atoms with Crippen LogP contribution in [0, 0.1) is 12.8 Å². The molecule has 0 aromatic carbocycles. The Labute approximate surface area is 91.4 Å². The van der Waals surface area contributed by atoms with E-state index in [1.54, 1.807) is 6.20 Å². The first-order valence-corrected chi connectivity index (χ1v) is 5.73. The molecule has 15 heavy (non-hydrogen) atoms. The molecule has 0 amide bonds. The summed E-state index contributed by atoms with van der Waals surface area (Å²) in [5.41, 5.74) is 1.24. The predicted molar refractivity (Wildman–Crippen MR) is 60.5 cm³/mol. The SMILES string of the molecule is Cc1ccc(C(C)(O)CC2CCC2)cn1. The van der Waals surface area contributed by atoms with Crippen molar-refractivity contribution in [2.24, 2.45) is 5.92 Å². The lowest BCUT2D eigenvalue weighted by Gasteiger charge is -2.33. The Hall–Kier alpha value is -0.890. The van der Waals surface area contributed by atoms with Crippen molar-refractivity contribution < 1.29 is 5.11 Å². The van der Waals surface area contributed by atoms with Crippen LogP contribution in [0.5, 0.6) is 0 Å². The minimum atomic E-state index is -0.703. The molecule has 0 bridgehead atoms. The molecule has 0 radical (unpaired) electrons. The van der Waals surface area contributed by atoms with Crippen LogP contribution in [0.3, 0.4) is 0 Å². The molecule has 1 saturated carbocycles. The maximum atomic E-state index is 10.4. The van der Waals surface area contributed by atoms with Crippen LogP contribution in [0.15, 0.2) is 18.3 Å². The first-order valence-electron chi connectivity index (χ1n) is 5.73. The van der Waals surface area contributed by atoms with Crippen molar-refractivity contribution in [2.75, 3.05) is 0 Å². The molecule has 1 fully saturated rings. The van der Waals surface area contributed by atoms with Crippen LogP contribution in [-0.4, -0.2) is 10.1 Å². The molecule has 0 spiro atoms. The topological polar surface area (TPSA) is 33.1 Å². The Bertz CT molecular complexity index is 325. The number of aryl methyl sites for hydroxylation is 1. The fourth-order valence-corrected chi connectivity index (χ4v) is 2.16. The third-order valence-electron chi connectivity index (χ3n) is 3.44. The van der Waals surface area contributed by atoms with E-state index in [9.17, 15) is 5.11 Å². The quantitative estimate of drug-likeness (QED) is 0.823. The molecule has 0 aliphatic heterocycles. The number of hydrogen-bond acceptors (Lipinski definition) is 2. The summed E-state index contributed by atoms with van der Waals surface area (Å²) in [4.78, 5) is 4.24. The van der Waals surface area contributed by atoms with Crippen molar-refractivity contribution >= 4 is 0 Å². The second-order valence-corrected chi connectivity index (χ2v) is 4.96. The molecule has 1 N–H and O–H groups in total. The van der Waals surface area contributed by atoms with Gasteiger partial charge in [-0.05, 0) is 32.3 Å². The standard InChI is InChI=1S/C13H19NO/c1-10-6-7-12(9-14-10)13(2,15)8-11-4-3-5-11/h6-7,9,11,15H,3-5,8H2,1-2H3. The van der Waals surface area contributed by atoms with Gasteiger partial charge in [-0.25, -0.2) is 0 Å². The van der Waals surface area contributed by atoms with Crippen LogP contribution >= 0.6 is 0 Å². The van der Waals surface area contributed by atoms with Crippen LogP contribution in [0.1, 0.15) is 43.9 Å². The van der Waals surface area contributed by atoms with E-state index >= 15 is 0 Å². The monoisotopic (exact) mass is 205 g/mol. The molecule has 1 aromatic rings. The van der Waals surface area contributed by atoms with E-state index in [0.717, 1.165) is 17.7 Å². The zero-order chi connectivity index (χ0) is 10.9. The fourth-order valence-electron chi connectivity index (χ4n) is 2.16. The van der Waals surface area contributed by atoms with Crippen LogP contribution in [0.25, 0.3) is 0 Å². The normalized spacial score (nSPS) is 20.7. The van der Waals surface area contributed by atoms with Gasteiger partial charge in [0.1, 0.15) is 0 Å². The lowest BCUT2D eigenvalue weighted by Crippen LogP contribution is -2.28. The number of hydrogen-bond donors (Lipinski definition) is 1. The van der Waals surface area contributed by atoms with Crippen LogP contribution < -0.4 is 0 Å². The van der Waals surface area contributed by atoms with Gasteiger partial charge in [-0.15, -0.1) is 0 Å². The summed E-state index contributed by atoms with van der Waals surface area (Å²) < 4.78 is 0. The highest BCUT2D eigenvalue weighted by Crippen LogP contribution is 2.37. The molecule has 1 atom stereocenters. The number of nitrogens with zero attached hydrogens (tertiary/aromatic N) is 1. The largest absolute Gasteiger partial charge is 0.385 e. The zero-order valence-electron chi connectivity index (χ0n) is 9.53. The first kappa shape index (κ1) is 10.6. The third kappa shape index (κ3) is 2.37. The second kappa shape index (κ2) is 3.93. The predicted octanol–water partition coefficient (Wildman–Crippen LogP) is 2.79. The minimum absolute atomic E-state index is 0.703. The molecule has 2 nitrogen and oxygen atoms in total. The molecule has 1 heterocycles. The van der Waals surface area contributed by atoms with Crippen molar-refractivity contribution in [2.45, 2.75) is 45.1 Å². The van der Waals surface area contributed by atoms with Gasteiger partial charge < -0.3 is 5.11 Å². The Morgan fingerprint density at radius 3 is 2.67 bits per heavy atom. The third-order valence-corrected chi connectivity index (χ3v) is 3.44. The molecule has 2 rings (SSSR count). The second-order valence-electron chi connectivity index (χ2n) is 4.96. The zero-order valence-corrected chi connectivity index (χ0v) is 9.53. The van der Waals surface area contributed by atoms with Gasteiger partial charge in [0.25, 0.3) is 0 Å². The molecule has 1 aliphatic carbocycles. The van der Waals surface area contributed by atoms with Crippen molar-refractivity contribution in [3.63, 3.8) is 0 Å². The van der Waals surface area contributed by atoms with Crippen LogP contribution in [-0.2, 0) is 5.60 Å². The molecular formula is C13H19NO. The van der Waals surface area contributed by atoms with Gasteiger partial charge in [-0.2, -0.15) is 0 Å². The summed E-state index contributed by atoms with van der Waals surface area (Å²) in [5.74, 6) is 0.710. The molecule has 0 saturated heterocycles. The van der Waals surface area contributed by atoms with E-state index < -0.39 is 5.60 Å². The van der Waals surface area contributed by atoms with Crippen LogP contribution in [0.2, 0.25) is 0 Å². The van der Waals surface area contributed by atoms with Gasteiger partial charge in [0.15, 0.2) is 0 Å². The van der Waals surface area contributed by atoms with Gasteiger partial charge in [-0.1, -0.05) is 25.3 Å². The van der Waals surface area contributed by atoms with Gasteiger partial charge in [0.05, 0.1) is 5.60 Å². The van der Waals surface area contributed by atoms with Crippen molar-refractivity contribution in [3.8, 4) is 0 Å². The van der Waals surface area contributed by atoms with E-state index in [0.29, 0.717) is 5.92 Å². The number of rotatable bonds is 3. The number of pyridine rings is 1. The van der Waals surface area contributed by atoms with Crippen molar-refractivity contribution in [3.05, 3.63) is 29.6 Å². The summed E-state index contributed by atoms with van der Waals surface area (Å²) in [6.07, 6.45) is 6.55. The van der Waals surface area contributed by atoms with Gasteiger partial charge in [0.2, 0.25) is 0 Å². The Kier molecular flexibility index (Phi) is 2.79. The minimum Gasteiger partial charge on any atom is -0.385 e. The summed E-state index contributed by atoms with van der Waals surface area (Å²) in [7, 11) is 0. The lowest BCUT2D eigenvalue weighted by molar-refractivity contribution is 0.0158. The molecule has 2 heteroatoms. The van der Waals surface area contributed by atoms with E-state index in [1.807, 2.05) is 26.0 Å². The van der Waals surface area contributed by atoms with E-state index in [4.69, 9.17) is 0 Å². The molecule has 82 valence electrons. The molecule has 1 aliphatic rings. The number of aliphatic hydroxyl groups is 1. The summed E-state index contributed by atoms with van der Waals surface area (Å²) in [6.45, 7) is 3.86. The van der Waals surface area contributed by atoms with Crippen molar-refractivity contribution in [1.29, 1.82) is 0 Å². The molecular weight excluding hydrogens is 186 g/mol. The highest BCUT2D eigenvalue weighted by molar-refractivity contribution is 5.19. The van der Waals surface area contributed by atoms with Gasteiger partial charge in [-0.3, -0.25) is 4.98 Å². The highest BCUT2D eigenvalue weighted by atomic mass is 16.3. The number of aromatic nitrogens is 1. The summed E-state index contributed by atoms with van der Waals surface area (Å²) >= 11 is 0. The average molecular weight is 205 g/mol. The highest BCUT2D eigenvalue weighted by Gasteiger charge is 2.30. The van der Waals surface area contributed by atoms with E-state index in [2.05, 4.69) is 4.98 Å². The van der Waals surface area contributed by atoms with Gasteiger partial charge >= 0.3 is 0 Å². The maximum absolute atomic E-state index is 10.4. The van der Waals surface area contributed by atoms with Crippen molar-refractivity contribution in [1.82, 2.24) is 4.98 Å². The molecule has 1 unspecified atom stereocenters. The lowest BCUT2D eigenvalue weighted by atomic mass is 9.76. The van der Waals surface area contributed by atoms with E-state index in [-0.39, 0.29) is 0 Å². The Morgan fingerprint density at radius 2 is 2.20 bits per heavy atom.